The number of carbonyl (C=O) groups excluding carboxylic acids is 1. The van der Waals surface area contributed by atoms with E-state index in [0.29, 0.717) is 19.1 Å². The van der Waals surface area contributed by atoms with Crippen molar-refractivity contribution >= 4 is 5.91 Å². The van der Waals surface area contributed by atoms with Gasteiger partial charge in [0.1, 0.15) is 5.69 Å². The van der Waals surface area contributed by atoms with Gasteiger partial charge in [-0.2, -0.15) is 13.2 Å². The van der Waals surface area contributed by atoms with Crippen molar-refractivity contribution in [1.29, 1.82) is 0 Å². The van der Waals surface area contributed by atoms with E-state index in [1.165, 1.54) is 12.8 Å². The summed E-state index contributed by atoms with van der Waals surface area (Å²) in [6, 6.07) is 1.92. The number of carbonyl (C=O) groups is 1. The number of nitrogens with one attached hydrogen (secondary N) is 1. The van der Waals surface area contributed by atoms with Crippen LogP contribution in [-0.2, 0) is 10.9 Å². The van der Waals surface area contributed by atoms with Gasteiger partial charge >= 0.3 is 6.18 Å². The van der Waals surface area contributed by atoms with Gasteiger partial charge in [-0.3, -0.25) is 9.78 Å². The summed E-state index contributed by atoms with van der Waals surface area (Å²) in [5, 5.41) is 2.63. The van der Waals surface area contributed by atoms with Crippen LogP contribution < -0.4 is 5.32 Å². The maximum Gasteiger partial charge on any atom is 0.433 e. The van der Waals surface area contributed by atoms with Gasteiger partial charge in [-0.15, -0.1) is 0 Å². The number of aromatic nitrogens is 1. The van der Waals surface area contributed by atoms with Crippen molar-refractivity contribution in [2.75, 3.05) is 13.2 Å². The lowest BCUT2D eigenvalue weighted by Gasteiger charge is -2.28. The Hall–Kier alpha value is -1.63. The van der Waals surface area contributed by atoms with Crippen molar-refractivity contribution in [2.24, 2.45) is 5.92 Å². The number of hydrogen-bond acceptors (Lipinski definition) is 3. The summed E-state index contributed by atoms with van der Waals surface area (Å²) < 4.78 is 43.0. The van der Waals surface area contributed by atoms with E-state index < -0.39 is 17.8 Å². The van der Waals surface area contributed by atoms with Crippen LogP contribution in [0.15, 0.2) is 18.3 Å². The standard InChI is InChI=1S/C16H21F3N2O2/c1-11-4-2-3-5-13(11)23-9-8-20-15(22)12-6-7-14(21-10-12)16(17,18)19/h6-7,10-11,13H,2-5,8-9H2,1H3,(H,20,22)/t11-,13-/m0/s1. The number of ether oxygens (including phenoxy) is 1. The van der Waals surface area contributed by atoms with E-state index in [1.54, 1.807) is 0 Å². The second-order valence-corrected chi connectivity index (χ2v) is 5.86. The van der Waals surface area contributed by atoms with Gasteiger partial charge in [0.15, 0.2) is 0 Å². The zero-order valence-corrected chi connectivity index (χ0v) is 13.0. The number of halogens is 3. The van der Waals surface area contributed by atoms with E-state index in [4.69, 9.17) is 4.74 Å². The third kappa shape index (κ3) is 5.20. The molecule has 7 heteroatoms. The van der Waals surface area contributed by atoms with Crippen LogP contribution in [0.25, 0.3) is 0 Å². The first-order valence-electron chi connectivity index (χ1n) is 7.81. The van der Waals surface area contributed by atoms with Crippen molar-refractivity contribution in [3.8, 4) is 0 Å². The number of alkyl halides is 3. The molecule has 0 saturated heterocycles. The van der Waals surface area contributed by atoms with Gasteiger partial charge in [-0.25, -0.2) is 0 Å². The Kier molecular flexibility index (Phi) is 5.98. The molecule has 0 unspecified atom stereocenters. The van der Waals surface area contributed by atoms with E-state index >= 15 is 0 Å². The summed E-state index contributed by atoms with van der Waals surface area (Å²) in [6.45, 7) is 2.88. The molecule has 0 spiro atoms. The lowest BCUT2D eigenvalue weighted by atomic mass is 9.88. The fourth-order valence-electron chi connectivity index (χ4n) is 2.70. The summed E-state index contributed by atoms with van der Waals surface area (Å²) in [4.78, 5) is 15.1. The topological polar surface area (TPSA) is 51.2 Å². The maximum atomic E-state index is 12.4. The smallest absolute Gasteiger partial charge is 0.376 e. The molecule has 2 atom stereocenters. The molecule has 1 aliphatic rings. The minimum absolute atomic E-state index is 0.101. The Balaban J connectivity index is 1.74. The van der Waals surface area contributed by atoms with Crippen molar-refractivity contribution in [3.63, 3.8) is 0 Å². The summed E-state index contributed by atoms with van der Waals surface area (Å²) in [6.07, 6.45) is 1.26. The molecule has 1 saturated carbocycles. The van der Waals surface area contributed by atoms with Gasteiger partial charge in [0.25, 0.3) is 5.91 Å². The zero-order chi connectivity index (χ0) is 16.9. The lowest BCUT2D eigenvalue weighted by Crippen LogP contribution is -2.31. The van der Waals surface area contributed by atoms with E-state index in [2.05, 4.69) is 17.2 Å². The van der Waals surface area contributed by atoms with Gasteiger partial charge in [-0.1, -0.05) is 19.8 Å². The van der Waals surface area contributed by atoms with Crippen LogP contribution in [0.1, 0.15) is 48.7 Å². The molecule has 0 aromatic carbocycles. The fraction of sp³-hybridized carbons (Fsp3) is 0.625. The van der Waals surface area contributed by atoms with Crippen molar-refractivity contribution in [2.45, 2.75) is 44.9 Å². The van der Waals surface area contributed by atoms with Gasteiger partial charge < -0.3 is 10.1 Å². The highest BCUT2D eigenvalue weighted by molar-refractivity contribution is 5.93. The van der Waals surface area contributed by atoms with Crippen LogP contribution in [0, 0.1) is 5.92 Å². The molecule has 0 aliphatic heterocycles. The van der Waals surface area contributed by atoms with Crippen LogP contribution in [0.5, 0.6) is 0 Å². The predicted molar refractivity (Wildman–Crippen MR) is 78.9 cm³/mol. The van der Waals surface area contributed by atoms with Gasteiger partial charge in [-0.05, 0) is 30.9 Å². The molecule has 1 heterocycles. The van der Waals surface area contributed by atoms with E-state index in [1.807, 2.05) is 0 Å². The molecule has 0 radical (unpaired) electrons. The van der Waals surface area contributed by atoms with Crippen LogP contribution in [0.3, 0.4) is 0 Å². The van der Waals surface area contributed by atoms with Crippen molar-refractivity contribution in [1.82, 2.24) is 10.3 Å². The third-order valence-corrected chi connectivity index (χ3v) is 4.07. The summed E-state index contributed by atoms with van der Waals surface area (Å²) in [7, 11) is 0. The lowest BCUT2D eigenvalue weighted by molar-refractivity contribution is -0.141. The first kappa shape index (κ1) is 17.7. The molecular formula is C16H21F3N2O2. The first-order valence-corrected chi connectivity index (χ1v) is 7.81. The fourth-order valence-corrected chi connectivity index (χ4v) is 2.70. The van der Waals surface area contributed by atoms with Gasteiger partial charge in [0.05, 0.1) is 18.3 Å². The second-order valence-electron chi connectivity index (χ2n) is 5.86. The minimum atomic E-state index is -4.50. The van der Waals surface area contributed by atoms with Crippen LogP contribution in [0.2, 0.25) is 0 Å². The second kappa shape index (κ2) is 7.77. The SMILES string of the molecule is C[C@H]1CCCC[C@@H]1OCCNC(=O)c1ccc(C(F)(F)F)nc1. The molecule has 1 aliphatic carbocycles. The van der Waals surface area contributed by atoms with Crippen LogP contribution in [0.4, 0.5) is 13.2 Å². The molecule has 1 N–H and O–H groups in total. The van der Waals surface area contributed by atoms with Gasteiger partial charge in [0.2, 0.25) is 0 Å². The van der Waals surface area contributed by atoms with E-state index in [-0.39, 0.29) is 11.7 Å². The minimum Gasteiger partial charge on any atom is -0.376 e. The normalized spacial score (nSPS) is 21.9. The average molecular weight is 330 g/mol. The third-order valence-electron chi connectivity index (χ3n) is 4.07. The summed E-state index contributed by atoms with van der Waals surface area (Å²) in [5.41, 5.74) is -0.910. The van der Waals surface area contributed by atoms with E-state index in [9.17, 15) is 18.0 Å². The quantitative estimate of drug-likeness (QED) is 0.842. The number of pyridine rings is 1. The highest BCUT2D eigenvalue weighted by atomic mass is 19.4. The Morgan fingerprint density at radius 3 is 2.70 bits per heavy atom. The predicted octanol–water partition coefficient (Wildman–Crippen LogP) is 3.43. The Morgan fingerprint density at radius 2 is 2.09 bits per heavy atom. The summed E-state index contributed by atoms with van der Waals surface area (Å²) in [5.74, 6) is 0.0741. The van der Waals surface area contributed by atoms with Crippen molar-refractivity contribution < 1.29 is 22.7 Å². The number of rotatable bonds is 5. The molecule has 1 aromatic heterocycles. The number of hydrogen-bond donors (Lipinski definition) is 1. The monoisotopic (exact) mass is 330 g/mol. The highest BCUT2D eigenvalue weighted by Crippen LogP contribution is 2.27. The Morgan fingerprint density at radius 1 is 1.35 bits per heavy atom. The van der Waals surface area contributed by atoms with Crippen molar-refractivity contribution in [3.05, 3.63) is 29.6 Å². The average Bonchev–Trinajstić information content (AvgIpc) is 2.52. The van der Waals surface area contributed by atoms with Gasteiger partial charge in [0, 0.05) is 12.7 Å². The molecule has 2 rings (SSSR count). The molecule has 0 bridgehead atoms. The van der Waals surface area contributed by atoms with Crippen LogP contribution >= 0.6 is 0 Å². The number of amides is 1. The molecule has 1 amide bonds. The molecule has 23 heavy (non-hydrogen) atoms. The zero-order valence-electron chi connectivity index (χ0n) is 13.0. The molecular weight excluding hydrogens is 309 g/mol. The Bertz CT molecular complexity index is 517. The molecule has 1 aromatic rings. The highest BCUT2D eigenvalue weighted by Gasteiger charge is 2.32. The van der Waals surface area contributed by atoms with Crippen LogP contribution in [-0.4, -0.2) is 30.1 Å². The molecule has 4 nitrogen and oxygen atoms in total. The Labute approximate surface area is 133 Å². The molecule has 1 fully saturated rings. The first-order chi connectivity index (χ1) is 10.9. The largest absolute Gasteiger partial charge is 0.433 e. The molecule has 128 valence electrons. The van der Waals surface area contributed by atoms with E-state index in [0.717, 1.165) is 31.2 Å². The maximum absolute atomic E-state index is 12.4. The number of nitrogens with zero attached hydrogens (tertiary/aromatic N) is 1. The summed E-state index contributed by atoms with van der Waals surface area (Å²) >= 11 is 0.